The average Bonchev–Trinajstić information content (AvgIpc) is 3.67. The van der Waals surface area contributed by atoms with Crippen LogP contribution in [0.2, 0.25) is 0 Å². The van der Waals surface area contributed by atoms with E-state index in [-0.39, 0.29) is 25.7 Å². The van der Waals surface area contributed by atoms with Gasteiger partial charge < -0.3 is 33.8 Å². The van der Waals surface area contributed by atoms with Crippen LogP contribution in [0, 0.1) is 17.8 Å². The Kier molecular flexibility index (Phi) is 62.4. The highest BCUT2D eigenvalue weighted by Gasteiger charge is 2.30. The summed E-state index contributed by atoms with van der Waals surface area (Å²) in [4.78, 5) is 72.3. The lowest BCUT2D eigenvalue weighted by molar-refractivity contribution is -0.161. The lowest BCUT2D eigenvalue weighted by Crippen LogP contribution is -2.30. The third kappa shape index (κ3) is 65.4. The van der Waals surface area contributed by atoms with Crippen molar-refractivity contribution in [1.82, 2.24) is 0 Å². The van der Waals surface area contributed by atoms with E-state index in [1.165, 1.54) is 173 Å². The van der Waals surface area contributed by atoms with Gasteiger partial charge in [-0.2, -0.15) is 0 Å². The number of aliphatic hydroxyl groups excluding tert-OH is 1. The molecule has 17 nitrogen and oxygen atoms in total. The molecule has 19 heteroatoms. The highest BCUT2D eigenvalue weighted by Crippen LogP contribution is 2.45. The Morgan fingerprint density at radius 2 is 0.554 bits per heavy atom. The van der Waals surface area contributed by atoms with Crippen LogP contribution in [0.15, 0.2) is 0 Å². The number of ether oxygens (including phenoxy) is 4. The topological polar surface area (TPSA) is 237 Å². The van der Waals surface area contributed by atoms with Gasteiger partial charge in [0, 0.05) is 25.7 Å². The first-order valence-corrected chi connectivity index (χ1v) is 40.9. The van der Waals surface area contributed by atoms with Crippen LogP contribution in [0.3, 0.4) is 0 Å². The number of carbonyl (C=O) groups excluding carboxylic acids is 4. The normalized spacial score (nSPS) is 14.4. The molecule has 6 atom stereocenters. The standard InChI is InChI=1S/C73H142O17P2/c1-8-10-11-37-47-54-70(75)83-60-68(90-73(78)57-50-43-36-35-39-45-52-65(5)6)62-87-91(79,80)85-58-67(74)59-86-92(81,82)88-63-69(61-84-71(76)55-48-41-33-29-25-22-18-19-23-27-31-38-44-51-64(3)4)89-72(77)56-49-42-34-30-26-21-17-15-13-12-14-16-20-24-28-32-40-46-53-66(7)9-2/h64-69,74H,8-63H2,1-7H3,(H,79,80)(H,81,82)/t66?,67-,68+,69+/m0/s1. The number of phosphoric ester groups is 2. The maximum absolute atomic E-state index is 13.1. The number of aliphatic hydroxyl groups is 1. The Hall–Kier alpha value is -1.94. The number of unbranched alkanes of at least 4 members (excludes halogenated alkanes) is 38. The Bertz CT molecular complexity index is 1800. The zero-order chi connectivity index (χ0) is 68.0. The minimum atomic E-state index is -4.95. The van der Waals surface area contributed by atoms with E-state index in [0.717, 1.165) is 108 Å². The monoisotopic (exact) mass is 1350 g/mol. The molecule has 92 heavy (non-hydrogen) atoms. The first-order chi connectivity index (χ1) is 44.3. The van der Waals surface area contributed by atoms with E-state index in [2.05, 4.69) is 48.5 Å². The highest BCUT2D eigenvalue weighted by atomic mass is 31.2. The molecule has 0 aliphatic carbocycles. The zero-order valence-electron chi connectivity index (χ0n) is 60.0. The van der Waals surface area contributed by atoms with Crippen molar-refractivity contribution in [2.75, 3.05) is 39.6 Å². The summed E-state index contributed by atoms with van der Waals surface area (Å²) < 4.78 is 68.1. The Labute approximate surface area is 562 Å². The number of rotatable bonds is 71. The van der Waals surface area contributed by atoms with Crippen LogP contribution in [-0.2, 0) is 65.4 Å². The first kappa shape index (κ1) is 90.1. The van der Waals surface area contributed by atoms with Gasteiger partial charge in [-0.1, -0.05) is 318 Å². The molecule has 0 saturated carbocycles. The molecule has 0 fully saturated rings. The fraction of sp³-hybridized carbons (Fsp3) is 0.945. The van der Waals surface area contributed by atoms with Crippen LogP contribution in [-0.4, -0.2) is 96.7 Å². The summed E-state index contributed by atoms with van der Waals surface area (Å²) in [7, 11) is -9.89. The molecule has 0 bridgehead atoms. The summed E-state index contributed by atoms with van der Waals surface area (Å²) in [6, 6.07) is 0. The van der Waals surface area contributed by atoms with Crippen molar-refractivity contribution in [2.45, 2.75) is 388 Å². The molecule has 0 spiro atoms. The molecule has 0 saturated heterocycles. The van der Waals surface area contributed by atoms with Crippen LogP contribution < -0.4 is 0 Å². The van der Waals surface area contributed by atoms with Crippen molar-refractivity contribution in [3.63, 3.8) is 0 Å². The van der Waals surface area contributed by atoms with Crippen LogP contribution in [0.5, 0.6) is 0 Å². The van der Waals surface area contributed by atoms with Gasteiger partial charge in [-0.05, 0) is 43.4 Å². The molecule has 3 unspecified atom stereocenters. The largest absolute Gasteiger partial charge is 0.472 e. The molecule has 0 aliphatic heterocycles. The summed E-state index contributed by atoms with van der Waals surface area (Å²) in [6.07, 6.45) is 49.3. The molecule has 3 N–H and O–H groups in total. The van der Waals surface area contributed by atoms with Crippen LogP contribution in [0.25, 0.3) is 0 Å². The molecule has 0 amide bonds. The molecule has 0 aromatic heterocycles. The lowest BCUT2D eigenvalue weighted by atomic mass is 9.99. The first-order valence-electron chi connectivity index (χ1n) is 37.9. The predicted octanol–water partition coefficient (Wildman–Crippen LogP) is 21.0. The van der Waals surface area contributed by atoms with E-state index in [1.807, 2.05) is 0 Å². The number of hydrogen-bond acceptors (Lipinski definition) is 15. The Morgan fingerprint density at radius 3 is 0.826 bits per heavy atom. The van der Waals surface area contributed by atoms with E-state index in [0.29, 0.717) is 31.6 Å². The molecule has 0 radical (unpaired) electrons. The highest BCUT2D eigenvalue weighted by molar-refractivity contribution is 7.47. The molecule has 0 heterocycles. The van der Waals surface area contributed by atoms with Crippen molar-refractivity contribution in [3.05, 3.63) is 0 Å². The second-order valence-corrected chi connectivity index (χ2v) is 30.4. The van der Waals surface area contributed by atoms with Crippen LogP contribution >= 0.6 is 15.6 Å². The molecule has 0 rings (SSSR count). The third-order valence-corrected chi connectivity index (χ3v) is 19.1. The summed E-state index contributed by atoms with van der Waals surface area (Å²) in [5.41, 5.74) is 0. The van der Waals surface area contributed by atoms with E-state index in [1.54, 1.807) is 0 Å². The van der Waals surface area contributed by atoms with E-state index < -0.39 is 97.5 Å². The van der Waals surface area contributed by atoms with Gasteiger partial charge >= 0.3 is 39.5 Å². The van der Waals surface area contributed by atoms with E-state index >= 15 is 0 Å². The third-order valence-electron chi connectivity index (χ3n) is 17.2. The number of esters is 4. The minimum absolute atomic E-state index is 0.101. The molecular formula is C73H142O17P2. The molecule has 546 valence electrons. The second-order valence-electron chi connectivity index (χ2n) is 27.5. The summed E-state index contributed by atoms with van der Waals surface area (Å²) in [5, 5.41) is 10.6. The Morgan fingerprint density at radius 1 is 0.315 bits per heavy atom. The minimum Gasteiger partial charge on any atom is -0.462 e. The molecular weight excluding hydrogens is 1210 g/mol. The van der Waals surface area contributed by atoms with Crippen LogP contribution in [0.4, 0.5) is 0 Å². The SMILES string of the molecule is CCCCCCCC(=O)OC[C@H](COP(=O)(O)OC[C@H](O)COP(=O)(O)OC[C@@H](COC(=O)CCCCCCCCCCCCCCCC(C)C)OC(=O)CCCCCCCCCCCCCCCCCCCCC(C)CC)OC(=O)CCCCCCCCC(C)C. The van der Waals surface area contributed by atoms with Gasteiger partial charge in [0.05, 0.1) is 26.4 Å². The average molecular weight is 1350 g/mol. The summed E-state index contributed by atoms with van der Waals surface area (Å²) >= 11 is 0. The fourth-order valence-electron chi connectivity index (χ4n) is 11.0. The van der Waals surface area contributed by atoms with Crippen molar-refractivity contribution < 1.29 is 80.2 Å². The van der Waals surface area contributed by atoms with Gasteiger partial charge in [-0.15, -0.1) is 0 Å². The number of phosphoric acid groups is 2. The number of carbonyl (C=O) groups is 4. The predicted molar refractivity (Wildman–Crippen MR) is 372 cm³/mol. The van der Waals surface area contributed by atoms with Crippen molar-refractivity contribution in [1.29, 1.82) is 0 Å². The fourth-order valence-corrected chi connectivity index (χ4v) is 12.6. The lowest BCUT2D eigenvalue weighted by Gasteiger charge is -2.21. The zero-order valence-corrected chi connectivity index (χ0v) is 61.8. The van der Waals surface area contributed by atoms with Crippen molar-refractivity contribution in [2.24, 2.45) is 17.8 Å². The van der Waals surface area contributed by atoms with Gasteiger partial charge in [-0.25, -0.2) is 9.13 Å². The Balaban J connectivity index is 5.10. The second kappa shape index (κ2) is 63.8. The van der Waals surface area contributed by atoms with Crippen LogP contribution in [0.1, 0.15) is 370 Å². The molecule has 0 aliphatic rings. The van der Waals surface area contributed by atoms with E-state index in [9.17, 15) is 43.2 Å². The maximum atomic E-state index is 13.1. The quantitative estimate of drug-likeness (QED) is 0.0222. The summed E-state index contributed by atoms with van der Waals surface area (Å²) in [6.45, 7) is 11.8. The van der Waals surface area contributed by atoms with E-state index in [4.69, 9.17) is 37.0 Å². The van der Waals surface area contributed by atoms with Gasteiger partial charge in [0.1, 0.15) is 19.3 Å². The van der Waals surface area contributed by atoms with Crippen molar-refractivity contribution in [3.8, 4) is 0 Å². The maximum Gasteiger partial charge on any atom is 0.472 e. The smallest absolute Gasteiger partial charge is 0.462 e. The van der Waals surface area contributed by atoms with Gasteiger partial charge in [0.15, 0.2) is 12.2 Å². The van der Waals surface area contributed by atoms with Crippen molar-refractivity contribution >= 4 is 39.5 Å². The molecule has 0 aromatic carbocycles. The summed E-state index contributed by atoms with van der Waals surface area (Å²) in [5.74, 6) is 0.193. The van der Waals surface area contributed by atoms with Gasteiger partial charge in [0.25, 0.3) is 0 Å². The number of hydrogen-bond donors (Lipinski definition) is 3. The van der Waals surface area contributed by atoms with Gasteiger partial charge in [-0.3, -0.25) is 37.3 Å². The molecule has 0 aromatic rings. The van der Waals surface area contributed by atoms with Gasteiger partial charge in [0.2, 0.25) is 0 Å².